The lowest BCUT2D eigenvalue weighted by molar-refractivity contribution is -0.116. The average molecular weight is 570 g/mol. The van der Waals surface area contributed by atoms with Gasteiger partial charge in [0.2, 0.25) is 5.91 Å². The number of amides is 2. The summed E-state index contributed by atoms with van der Waals surface area (Å²) >= 11 is 2.02. The maximum absolute atomic E-state index is 12.4. The molecule has 0 spiro atoms. The summed E-state index contributed by atoms with van der Waals surface area (Å²) in [6, 6.07) is 20.2. The fourth-order valence-corrected chi connectivity index (χ4v) is 4.60. The van der Waals surface area contributed by atoms with Gasteiger partial charge >= 0.3 is 12.1 Å². The van der Waals surface area contributed by atoms with Crippen molar-refractivity contribution in [1.82, 2.24) is 5.32 Å². The zero-order valence-corrected chi connectivity index (χ0v) is 20.5. The Hall–Kier alpha value is -3.40. The smallest absolute Gasteiger partial charge is 0.407 e. The van der Waals surface area contributed by atoms with Gasteiger partial charge < -0.3 is 20.5 Å². The van der Waals surface area contributed by atoms with Gasteiger partial charge in [-0.25, -0.2) is 9.59 Å². The van der Waals surface area contributed by atoms with E-state index < -0.39 is 18.1 Å². The molecule has 1 aliphatic carbocycles. The minimum Gasteiger partial charge on any atom is -0.478 e. The highest BCUT2D eigenvalue weighted by atomic mass is 127. The summed E-state index contributed by atoms with van der Waals surface area (Å²) in [5.41, 5.74) is 5.06. The summed E-state index contributed by atoms with van der Waals surface area (Å²) in [5.74, 6) is -1.45. The minimum absolute atomic E-state index is 0.0115. The number of rotatable bonds is 7. The first-order valence-electron chi connectivity index (χ1n) is 10.8. The Labute approximate surface area is 210 Å². The van der Waals surface area contributed by atoms with Gasteiger partial charge in [0, 0.05) is 22.0 Å². The quantitative estimate of drug-likeness (QED) is 0.337. The maximum Gasteiger partial charge on any atom is 0.407 e. The molecule has 0 fully saturated rings. The number of fused-ring (bicyclic) bond motifs is 3. The van der Waals surface area contributed by atoms with Crippen molar-refractivity contribution in [3.63, 3.8) is 0 Å². The summed E-state index contributed by atoms with van der Waals surface area (Å²) in [7, 11) is 0. The molecule has 8 heteroatoms. The molecule has 3 aromatic rings. The molecule has 3 N–H and O–H groups in total. The third-order valence-electron chi connectivity index (χ3n) is 5.69. The molecular formula is C26H23IN2O5. The van der Waals surface area contributed by atoms with Crippen LogP contribution in [-0.4, -0.2) is 35.7 Å². The van der Waals surface area contributed by atoms with E-state index in [0.29, 0.717) is 9.26 Å². The van der Waals surface area contributed by atoms with Crippen molar-refractivity contribution in [3.8, 4) is 11.1 Å². The van der Waals surface area contributed by atoms with Gasteiger partial charge in [-0.3, -0.25) is 4.79 Å². The van der Waals surface area contributed by atoms with E-state index in [-0.39, 0.29) is 30.4 Å². The van der Waals surface area contributed by atoms with Crippen molar-refractivity contribution in [2.75, 3.05) is 11.9 Å². The predicted molar refractivity (Wildman–Crippen MR) is 137 cm³/mol. The Kier molecular flexibility index (Phi) is 7.16. The normalized spacial score (nSPS) is 12.9. The van der Waals surface area contributed by atoms with Gasteiger partial charge in [-0.1, -0.05) is 48.5 Å². The number of halogens is 1. The molecule has 174 valence electrons. The summed E-state index contributed by atoms with van der Waals surface area (Å²) in [4.78, 5) is 36.0. The molecule has 0 unspecified atom stereocenters. The summed E-state index contributed by atoms with van der Waals surface area (Å²) < 4.78 is 6.24. The van der Waals surface area contributed by atoms with Gasteiger partial charge in [0.05, 0.1) is 11.3 Å². The standard InChI is InChI=1S/C26H23IN2O5/c1-15(12-24(30)29-23-13-16(25(31)32)10-11-22(23)27)28-26(33)34-14-21-19-8-4-2-6-17(19)18-7-3-5-9-20(18)21/h2-11,13,15,21H,12,14H2,1H3,(H,28,33)(H,29,30)(H,31,32)/t15-/m0/s1. The molecule has 4 rings (SSSR count). The average Bonchev–Trinajstić information content (AvgIpc) is 3.12. The zero-order chi connectivity index (χ0) is 24.2. The van der Waals surface area contributed by atoms with Crippen molar-refractivity contribution < 1.29 is 24.2 Å². The van der Waals surface area contributed by atoms with E-state index >= 15 is 0 Å². The van der Waals surface area contributed by atoms with Crippen LogP contribution in [0.3, 0.4) is 0 Å². The molecule has 0 heterocycles. The summed E-state index contributed by atoms with van der Waals surface area (Å²) in [5, 5.41) is 14.5. The third kappa shape index (κ3) is 5.22. The molecule has 0 aliphatic heterocycles. The molecule has 0 bridgehead atoms. The lowest BCUT2D eigenvalue weighted by Gasteiger charge is -2.17. The van der Waals surface area contributed by atoms with E-state index in [1.54, 1.807) is 13.0 Å². The molecule has 7 nitrogen and oxygen atoms in total. The second-order valence-electron chi connectivity index (χ2n) is 8.12. The van der Waals surface area contributed by atoms with Gasteiger partial charge in [-0.2, -0.15) is 0 Å². The molecule has 0 saturated carbocycles. The Morgan fingerprint density at radius 1 is 1.00 bits per heavy atom. The van der Waals surface area contributed by atoms with Gasteiger partial charge in [0.1, 0.15) is 6.61 Å². The molecule has 2 amide bonds. The van der Waals surface area contributed by atoms with E-state index in [1.807, 2.05) is 46.9 Å². The van der Waals surface area contributed by atoms with E-state index in [9.17, 15) is 14.4 Å². The van der Waals surface area contributed by atoms with Gasteiger partial charge in [0.25, 0.3) is 0 Å². The van der Waals surface area contributed by atoms with Crippen molar-refractivity contribution in [3.05, 3.63) is 87.0 Å². The number of hydrogen-bond acceptors (Lipinski definition) is 4. The minimum atomic E-state index is -1.07. The first-order chi connectivity index (χ1) is 16.3. The van der Waals surface area contributed by atoms with Crippen LogP contribution in [0.25, 0.3) is 11.1 Å². The number of nitrogens with one attached hydrogen (secondary N) is 2. The van der Waals surface area contributed by atoms with Crippen molar-refractivity contribution in [1.29, 1.82) is 0 Å². The summed E-state index contributed by atoms with van der Waals surface area (Å²) in [6.45, 7) is 1.90. The number of carboxylic acid groups (broad SMARTS) is 1. The van der Waals surface area contributed by atoms with Gasteiger partial charge in [-0.15, -0.1) is 0 Å². The Bertz CT molecular complexity index is 1210. The van der Waals surface area contributed by atoms with Crippen LogP contribution in [0, 0.1) is 3.57 Å². The second kappa shape index (κ2) is 10.3. The van der Waals surface area contributed by atoms with Gasteiger partial charge in [0.15, 0.2) is 0 Å². The number of carboxylic acids is 1. The molecule has 0 aromatic heterocycles. The Morgan fingerprint density at radius 2 is 1.62 bits per heavy atom. The number of ether oxygens (including phenoxy) is 1. The van der Waals surface area contributed by atoms with E-state index in [2.05, 4.69) is 34.9 Å². The number of anilines is 1. The summed E-state index contributed by atoms with van der Waals surface area (Å²) in [6.07, 6.45) is -0.581. The lowest BCUT2D eigenvalue weighted by atomic mass is 9.98. The lowest BCUT2D eigenvalue weighted by Crippen LogP contribution is -2.36. The number of alkyl carbamates (subject to hydrolysis) is 1. The molecule has 1 atom stereocenters. The molecule has 1 aliphatic rings. The van der Waals surface area contributed by atoms with E-state index in [1.165, 1.54) is 12.1 Å². The third-order valence-corrected chi connectivity index (χ3v) is 6.63. The zero-order valence-electron chi connectivity index (χ0n) is 18.4. The predicted octanol–water partition coefficient (Wildman–Crippen LogP) is 5.25. The number of aromatic carboxylic acids is 1. The number of carbonyl (C=O) groups excluding carboxylic acids is 2. The van der Waals surface area contributed by atoms with Crippen LogP contribution < -0.4 is 10.6 Å². The van der Waals surface area contributed by atoms with Crippen LogP contribution >= 0.6 is 22.6 Å². The molecule has 3 aromatic carbocycles. The first kappa shape index (κ1) is 23.7. The molecule has 0 radical (unpaired) electrons. The van der Waals surface area contributed by atoms with Crippen molar-refractivity contribution >= 4 is 46.2 Å². The number of benzene rings is 3. The van der Waals surface area contributed by atoms with Crippen LogP contribution in [-0.2, 0) is 9.53 Å². The maximum atomic E-state index is 12.4. The molecule has 0 saturated heterocycles. The van der Waals surface area contributed by atoms with Crippen molar-refractivity contribution in [2.45, 2.75) is 25.3 Å². The van der Waals surface area contributed by atoms with Crippen LogP contribution in [0.5, 0.6) is 0 Å². The number of hydrogen-bond donors (Lipinski definition) is 3. The molecule has 34 heavy (non-hydrogen) atoms. The fourth-order valence-electron chi connectivity index (χ4n) is 4.13. The first-order valence-corrected chi connectivity index (χ1v) is 11.9. The largest absolute Gasteiger partial charge is 0.478 e. The highest BCUT2D eigenvalue weighted by molar-refractivity contribution is 14.1. The van der Waals surface area contributed by atoms with E-state index in [0.717, 1.165) is 22.3 Å². The van der Waals surface area contributed by atoms with E-state index in [4.69, 9.17) is 9.84 Å². The van der Waals surface area contributed by atoms with Crippen LogP contribution in [0.1, 0.15) is 40.7 Å². The van der Waals surface area contributed by atoms with Crippen LogP contribution in [0.4, 0.5) is 10.5 Å². The number of carbonyl (C=O) groups is 3. The van der Waals surface area contributed by atoms with Crippen LogP contribution in [0.15, 0.2) is 66.7 Å². The topological polar surface area (TPSA) is 105 Å². The molecular weight excluding hydrogens is 547 g/mol. The Morgan fingerprint density at radius 3 is 2.24 bits per heavy atom. The Balaban J connectivity index is 1.31. The van der Waals surface area contributed by atoms with Crippen molar-refractivity contribution in [2.24, 2.45) is 0 Å². The van der Waals surface area contributed by atoms with Gasteiger partial charge in [-0.05, 0) is 70.0 Å². The second-order valence-corrected chi connectivity index (χ2v) is 9.29. The monoisotopic (exact) mass is 570 g/mol. The SMILES string of the molecule is C[C@@H](CC(=O)Nc1cc(C(=O)O)ccc1I)NC(=O)OCC1c2ccccc2-c2ccccc21. The highest BCUT2D eigenvalue weighted by Crippen LogP contribution is 2.44. The highest BCUT2D eigenvalue weighted by Gasteiger charge is 2.29. The van der Waals surface area contributed by atoms with Crippen LogP contribution in [0.2, 0.25) is 0 Å². The fraction of sp³-hybridized carbons (Fsp3) is 0.192.